The third-order valence-electron chi connectivity index (χ3n) is 1.78. The largest absolute Gasteiger partial charge is 0.464 e. The topological polar surface area (TPSA) is 77.5 Å². The minimum absolute atomic E-state index is 0.202. The summed E-state index contributed by atoms with van der Waals surface area (Å²) in [5, 5.41) is 2.78. The predicted molar refractivity (Wildman–Crippen MR) is 68.0 cm³/mol. The number of aromatic nitrogens is 1. The second kappa shape index (κ2) is 5.34. The number of amides is 1. The van der Waals surface area contributed by atoms with Crippen molar-refractivity contribution >= 4 is 28.5 Å². The van der Waals surface area contributed by atoms with Crippen LogP contribution in [0.2, 0.25) is 0 Å². The average molecular weight is 272 g/mol. The van der Waals surface area contributed by atoms with Crippen LogP contribution in [0, 0.1) is 6.92 Å². The Kier molecular flexibility index (Phi) is 4.28. The molecule has 6 nitrogen and oxygen atoms in total. The van der Waals surface area contributed by atoms with E-state index in [0.29, 0.717) is 10.0 Å². The normalized spacial score (nSPS) is 10.9. The smallest absolute Gasteiger partial charge is 0.413 e. The van der Waals surface area contributed by atoms with Gasteiger partial charge >= 0.3 is 12.1 Å². The molecule has 0 bridgehead atoms. The molecule has 0 aliphatic rings. The number of ether oxygens (including phenoxy) is 2. The molecule has 18 heavy (non-hydrogen) atoms. The molecule has 0 saturated heterocycles. The van der Waals surface area contributed by atoms with Crippen molar-refractivity contribution < 1.29 is 19.1 Å². The molecule has 1 N–H and O–H groups in total. The Morgan fingerprint density at radius 3 is 2.44 bits per heavy atom. The van der Waals surface area contributed by atoms with E-state index >= 15 is 0 Å². The van der Waals surface area contributed by atoms with E-state index in [4.69, 9.17) is 4.74 Å². The van der Waals surface area contributed by atoms with Gasteiger partial charge in [0.25, 0.3) is 0 Å². The Balaban J connectivity index is 2.75. The Morgan fingerprint density at radius 2 is 1.94 bits per heavy atom. The summed E-state index contributed by atoms with van der Waals surface area (Å²) in [7, 11) is 1.28. The van der Waals surface area contributed by atoms with Crippen LogP contribution in [-0.4, -0.2) is 29.8 Å². The third-order valence-corrected chi connectivity index (χ3v) is 2.67. The molecule has 0 fully saturated rings. The summed E-state index contributed by atoms with van der Waals surface area (Å²) in [6.07, 6.45) is -0.604. The van der Waals surface area contributed by atoms with Crippen LogP contribution >= 0.6 is 11.3 Å². The quantitative estimate of drug-likeness (QED) is 0.837. The molecule has 7 heteroatoms. The first-order chi connectivity index (χ1) is 8.23. The van der Waals surface area contributed by atoms with Crippen LogP contribution in [0.5, 0.6) is 0 Å². The summed E-state index contributed by atoms with van der Waals surface area (Å²) >= 11 is 1.19. The van der Waals surface area contributed by atoms with Crippen molar-refractivity contribution in [1.29, 1.82) is 0 Å². The lowest BCUT2D eigenvalue weighted by Crippen LogP contribution is -2.27. The molecule has 0 spiro atoms. The summed E-state index contributed by atoms with van der Waals surface area (Å²) in [4.78, 5) is 27.5. The minimum atomic E-state index is -0.604. The van der Waals surface area contributed by atoms with E-state index in [-0.39, 0.29) is 5.69 Å². The first-order valence-electron chi connectivity index (χ1n) is 5.28. The van der Waals surface area contributed by atoms with Crippen molar-refractivity contribution in [3.63, 3.8) is 0 Å². The zero-order valence-electron chi connectivity index (χ0n) is 11.0. The van der Waals surface area contributed by atoms with Crippen molar-refractivity contribution in [1.82, 2.24) is 4.98 Å². The molecule has 0 unspecified atom stereocenters. The highest BCUT2D eigenvalue weighted by Crippen LogP contribution is 2.23. The van der Waals surface area contributed by atoms with Crippen LogP contribution in [0.1, 0.15) is 36.1 Å². The number of nitrogens with one attached hydrogen (secondary N) is 1. The maximum absolute atomic E-state index is 11.5. The molecule has 1 aromatic rings. The first-order valence-corrected chi connectivity index (χ1v) is 6.10. The molecule has 1 amide bonds. The maximum Gasteiger partial charge on any atom is 0.413 e. The number of thiazole rings is 1. The van der Waals surface area contributed by atoms with Crippen molar-refractivity contribution in [3.8, 4) is 0 Å². The summed E-state index contributed by atoms with van der Waals surface area (Å²) < 4.78 is 9.66. The monoisotopic (exact) mass is 272 g/mol. The van der Waals surface area contributed by atoms with Gasteiger partial charge in [-0.05, 0) is 27.7 Å². The van der Waals surface area contributed by atoms with E-state index in [1.807, 2.05) is 0 Å². The van der Waals surface area contributed by atoms with E-state index in [0.717, 1.165) is 0 Å². The van der Waals surface area contributed by atoms with Crippen LogP contribution in [0.15, 0.2) is 0 Å². The van der Waals surface area contributed by atoms with Gasteiger partial charge in [0.15, 0.2) is 10.8 Å². The van der Waals surface area contributed by atoms with Crippen molar-refractivity contribution in [2.24, 2.45) is 0 Å². The van der Waals surface area contributed by atoms with Gasteiger partial charge in [-0.25, -0.2) is 14.6 Å². The Hall–Kier alpha value is -1.63. The van der Waals surface area contributed by atoms with E-state index in [1.54, 1.807) is 27.7 Å². The van der Waals surface area contributed by atoms with Gasteiger partial charge in [-0.3, -0.25) is 5.32 Å². The number of rotatable bonds is 2. The van der Waals surface area contributed by atoms with Crippen LogP contribution in [-0.2, 0) is 9.47 Å². The summed E-state index contributed by atoms with van der Waals surface area (Å²) in [5.41, 5.74) is -0.379. The number of esters is 1. The second-order valence-electron chi connectivity index (χ2n) is 4.54. The highest BCUT2D eigenvalue weighted by atomic mass is 32.1. The number of carbonyl (C=O) groups is 2. The van der Waals surface area contributed by atoms with Crippen LogP contribution < -0.4 is 5.32 Å². The molecular formula is C11H16N2O4S. The number of hydrogen-bond donors (Lipinski definition) is 1. The molecular weight excluding hydrogens is 256 g/mol. The number of carbonyl (C=O) groups excluding carboxylic acids is 2. The van der Waals surface area contributed by atoms with Gasteiger partial charge in [0.2, 0.25) is 0 Å². The van der Waals surface area contributed by atoms with Crippen molar-refractivity contribution in [3.05, 3.63) is 10.6 Å². The Bertz CT molecular complexity index is 462. The number of anilines is 1. The predicted octanol–water partition coefficient (Wildman–Crippen LogP) is 2.59. The molecule has 0 aliphatic carbocycles. The number of methoxy groups -OCH3 is 1. The fourth-order valence-corrected chi connectivity index (χ4v) is 1.91. The van der Waals surface area contributed by atoms with Gasteiger partial charge in [0.1, 0.15) is 5.60 Å². The molecule has 1 aromatic heterocycles. The maximum atomic E-state index is 11.5. The fourth-order valence-electron chi connectivity index (χ4n) is 1.13. The third kappa shape index (κ3) is 3.99. The molecule has 1 rings (SSSR count). The molecule has 0 radical (unpaired) electrons. The van der Waals surface area contributed by atoms with Gasteiger partial charge < -0.3 is 9.47 Å². The standard InChI is InChI=1S/C11H16N2O4S/c1-6-7(8(14)16-5)12-9(18-6)13-10(15)17-11(2,3)4/h1-5H3,(H,12,13,15). The van der Waals surface area contributed by atoms with E-state index in [9.17, 15) is 9.59 Å². The molecule has 0 aliphatic heterocycles. The number of aryl methyl sites for hydroxylation is 1. The molecule has 0 saturated carbocycles. The lowest BCUT2D eigenvalue weighted by molar-refractivity contribution is 0.0589. The SMILES string of the molecule is COC(=O)c1nc(NC(=O)OC(C)(C)C)sc1C. The van der Waals surface area contributed by atoms with Gasteiger partial charge in [-0.1, -0.05) is 0 Å². The lowest BCUT2D eigenvalue weighted by Gasteiger charge is -2.18. The fraction of sp³-hybridized carbons (Fsp3) is 0.545. The minimum Gasteiger partial charge on any atom is -0.464 e. The average Bonchev–Trinajstić information content (AvgIpc) is 2.55. The second-order valence-corrected chi connectivity index (χ2v) is 5.75. The van der Waals surface area contributed by atoms with Crippen LogP contribution in [0.25, 0.3) is 0 Å². The number of nitrogens with zero attached hydrogens (tertiary/aromatic N) is 1. The Morgan fingerprint density at radius 1 is 1.33 bits per heavy atom. The summed E-state index contributed by atoms with van der Waals surface area (Å²) in [5.74, 6) is -0.527. The zero-order chi connectivity index (χ0) is 13.9. The molecule has 1 heterocycles. The van der Waals surface area contributed by atoms with E-state index in [2.05, 4.69) is 15.0 Å². The summed E-state index contributed by atoms with van der Waals surface area (Å²) in [6, 6.07) is 0. The van der Waals surface area contributed by atoms with Gasteiger partial charge in [-0.2, -0.15) is 0 Å². The van der Waals surface area contributed by atoms with Gasteiger partial charge in [0, 0.05) is 4.88 Å². The van der Waals surface area contributed by atoms with E-state index < -0.39 is 17.7 Å². The van der Waals surface area contributed by atoms with Crippen molar-refractivity contribution in [2.45, 2.75) is 33.3 Å². The van der Waals surface area contributed by atoms with Crippen LogP contribution in [0.4, 0.5) is 9.93 Å². The van der Waals surface area contributed by atoms with Crippen LogP contribution in [0.3, 0.4) is 0 Å². The van der Waals surface area contributed by atoms with E-state index in [1.165, 1.54) is 18.4 Å². The van der Waals surface area contributed by atoms with Gasteiger partial charge in [0.05, 0.1) is 7.11 Å². The first kappa shape index (κ1) is 14.4. The summed E-state index contributed by atoms with van der Waals surface area (Å²) in [6.45, 7) is 7.02. The van der Waals surface area contributed by atoms with Gasteiger partial charge in [-0.15, -0.1) is 11.3 Å². The Labute approximate surface area is 109 Å². The molecule has 0 aromatic carbocycles. The molecule has 100 valence electrons. The number of hydrogen-bond acceptors (Lipinski definition) is 6. The highest BCUT2D eigenvalue weighted by molar-refractivity contribution is 7.16. The molecule has 0 atom stereocenters. The lowest BCUT2D eigenvalue weighted by atomic mass is 10.2. The van der Waals surface area contributed by atoms with Crippen molar-refractivity contribution in [2.75, 3.05) is 12.4 Å². The highest BCUT2D eigenvalue weighted by Gasteiger charge is 2.20. The zero-order valence-corrected chi connectivity index (χ0v) is 11.8.